The monoisotopic (exact) mass is 266 g/mol. The van der Waals surface area contributed by atoms with E-state index in [1.54, 1.807) is 0 Å². The van der Waals surface area contributed by atoms with Gasteiger partial charge in [-0.15, -0.1) is 0 Å². The standard InChI is InChI=1S/C13H18N2O4/c14-10(7-17-8-13(15)16)9-2-3-11-12(6-9)19-5-1-4-18-11/h2-3,6,10H,1,4-5,7-8,14H2,(H2,15,16). The van der Waals surface area contributed by atoms with E-state index in [2.05, 4.69) is 0 Å². The zero-order valence-electron chi connectivity index (χ0n) is 10.6. The maximum absolute atomic E-state index is 10.6. The van der Waals surface area contributed by atoms with Crippen LogP contribution in [0.2, 0.25) is 0 Å². The number of hydrogen-bond acceptors (Lipinski definition) is 5. The Morgan fingerprint density at radius 1 is 1.32 bits per heavy atom. The molecule has 0 aromatic heterocycles. The Labute approximate surface area is 111 Å². The first-order valence-corrected chi connectivity index (χ1v) is 6.18. The summed E-state index contributed by atoms with van der Waals surface area (Å²) in [6.45, 7) is 1.38. The van der Waals surface area contributed by atoms with Crippen LogP contribution in [-0.2, 0) is 9.53 Å². The van der Waals surface area contributed by atoms with E-state index in [0.717, 1.165) is 17.7 Å². The van der Waals surface area contributed by atoms with Crippen LogP contribution in [0.4, 0.5) is 0 Å². The SMILES string of the molecule is NC(=O)COCC(N)c1ccc2c(c1)OCCCO2. The molecule has 0 saturated heterocycles. The van der Waals surface area contributed by atoms with Crippen LogP contribution in [0.1, 0.15) is 18.0 Å². The lowest BCUT2D eigenvalue weighted by atomic mass is 10.1. The molecule has 19 heavy (non-hydrogen) atoms. The lowest BCUT2D eigenvalue weighted by Gasteiger charge is -2.14. The molecular weight excluding hydrogens is 248 g/mol. The number of hydrogen-bond donors (Lipinski definition) is 2. The third-order valence-corrected chi connectivity index (χ3v) is 2.74. The van der Waals surface area contributed by atoms with Crippen molar-refractivity contribution in [3.63, 3.8) is 0 Å². The van der Waals surface area contributed by atoms with Gasteiger partial charge in [0.05, 0.1) is 25.9 Å². The van der Waals surface area contributed by atoms with Crippen LogP contribution in [0.5, 0.6) is 11.5 Å². The molecule has 0 spiro atoms. The maximum Gasteiger partial charge on any atom is 0.243 e. The molecule has 0 radical (unpaired) electrons. The molecule has 1 atom stereocenters. The van der Waals surface area contributed by atoms with Crippen molar-refractivity contribution >= 4 is 5.91 Å². The van der Waals surface area contributed by atoms with Gasteiger partial charge in [0, 0.05) is 6.42 Å². The molecule has 1 amide bonds. The van der Waals surface area contributed by atoms with Crippen LogP contribution in [0.15, 0.2) is 18.2 Å². The van der Waals surface area contributed by atoms with Crippen molar-refractivity contribution in [2.24, 2.45) is 11.5 Å². The molecular formula is C13H18N2O4. The number of carbonyl (C=O) groups is 1. The summed E-state index contributed by atoms with van der Waals surface area (Å²) in [7, 11) is 0. The number of benzene rings is 1. The van der Waals surface area contributed by atoms with Crippen LogP contribution < -0.4 is 20.9 Å². The summed E-state index contributed by atoms with van der Waals surface area (Å²) in [6, 6.07) is 5.21. The normalized spacial score (nSPS) is 15.6. The molecule has 6 heteroatoms. The van der Waals surface area contributed by atoms with Gasteiger partial charge in [-0.05, 0) is 17.7 Å². The minimum atomic E-state index is -0.508. The van der Waals surface area contributed by atoms with Gasteiger partial charge in [0.25, 0.3) is 0 Å². The first kappa shape index (κ1) is 13.6. The van der Waals surface area contributed by atoms with Crippen LogP contribution in [0.3, 0.4) is 0 Å². The summed E-state index contributed by atoms with van der Waals surface area (Å²) in [4.78, 5) is 10.6. The van der Waals surface area contributed by atoms with Crippen molar-refractivity contribution in [3.05, 3.63) is 23.8 Å². The first-order chi connectivity index (χ1) is 9.16. The molecule has 1 unspecified atom stereocenters. The summed E-state index contributed by atoms with van der Waals surface area (Å²) >= 11 is 0. The lowest BCUT2D eigenvalue weighted by Crippen LogP contribution is -2.23. The Balaban J connectivity index is 2.00. The highest BCUT2D eigenvalue weighted by molar-refractivity contribution is 5.74. The molecule has 0 fully saturated rings. The maximum atomic E-state index is 10.6. The first-order valence-electron chi connectivity index (χ1n) is 6.18. The summed E-state index contributed by atoms with van der Waals surface area (Å²) < 4.78 is 16.2. The zero-order valence-corrected chi connectivity index (χ0v) is 10.6. The highest BCUT2D eigenvalue weighted by atomic mass is 16.5. The fraction of sp³-hybridized carbons (Fsp3) is 0.462. The molecule has 1 aliphatic rings. The number of fused-ring (bicyclic) bond motifs is 1. The van der Waals surface area contributed by atoms with Gasteiger partial charge >= 0.3 is 0 Å². The summed E-state index contributed by atoms with van der Waals surface area (Å²) in [6.07, 6.45) is 0.859. The molecule has 0 saturated carbocycles. The van der Waals surface area contributed by atoms with E-state index >= 15 is 0 Å². The Morgan fingerprint density at radius 2 is 2.05 bits per heavy atom. The fourth-order valence-electron chi connectivity index (χ4n) is 1.79. The van der Waals surface area contributed by atoms with Gasteiger partial charge in [0.2, 0.25) is 5.91 Å². The molecule has 1 aromatic carbocycles. The Hall–Kier alpha value is -1.79. The van der Waals surface area contributed by atoms with Gasteiger partial charge in [-0.2, -0.15) is 0 Å². The Kier molecular flexibility index (Phi) is 4.59. The fourth-order valence-corrected chi connectivity index (χ4v) is 1.79. The molecule has 0 aliphatic carbocycles. The van der Waals surface area contributed by atoms with E-state index in [1.165, 1.54) is 0 Å². The number of rotatable bonds is 5. The molecule has 6 nitrogen and oxygen atoms in total. The largest absolute Gasteiger partial charge is 0.490 e. The minimum Gasteiger partial charge on any atom is -0.490 e. The highest BCUT2D eigenvalue weighted by Crippen LogP contribution is 2.31. The number of ether oxygens (including phenoxy) is 3. The number of primary amides is 1. The van der Waals surface area contributed by atoms with Crippen molar-refractivity contribution in [3.8, 4) is 11.5 Å². The zero-order chi connectivity index (χ0) is 13.7. The molecule has 0 bridgehead atoms. The van der Waals surface area contributed by atoms with E-state index in [-0.39, 0.29) is 19.3 Å². The van der Waals surface area contributed by atoms with Crippen molar-refractivity contribution in [1.82, 2.24) is 0 Å². The average Bonchev–Trinajstić information content (AvgIpc) is 2.62. The van der Waals surface area contributed by atoms with Crippen LogP contribution >= 0.6 is 0 Å². The van der Waals surface area contributed by atoms with Crippen LogP contribution in [0, 0.1) is 0 Å². The molecule has 1 heterocycles. The third kappa shape index (κ3) is 3.84. The topological polar surface area (TPSA) is 96.8 Å². The second-order valence-corrected chi connectivity index (χ2v) is 4.34. The molecule has 1 aliphatic heterocycles. The molecule has 1 aromatic rings. The van der Waals surface area contributed by atoms with E-state index in [4.69, 9.17) is 25.7 Å². The van der Waals surface area contributed by atoms with E-state index in [9.17, 15) is 4.79 Å². The van der Waals surface area contributed by atoms with Crippen LogP contribution in [-0.4, -0.2) is 32.3 Å². The second-order valence-electron chi connectivity index (χ2n) is 4.34. The number of nitrogens with two attached hydrogens (primary N) is 2. The van der Waals surface area contributed by atoms with Crippen molar-refractivity contribution in [2.45, 2.75) is 12.5 Å². The van der Waals surface area contributed by atoms with Crippen molar-refractivity contribution in [1.29, 1.82) is 0 Å². The van der Waals surface area contributed by atoms with Crippen molar-refractivity contribution < 1.29 is 19.0 Å². The molecule has 104 valence electrons. The van der Waals surface area contributed by atoms with Gasteiger partial charge in [0.15, 0.2) is 11.5 Å². The van der Waals surface area contributed by atoms with E-state index in [1.807, 2.05) is 18.2 Å². The number of amides is 1. The second kappa shape index (κ2) is 6.40. The van der Waals surface area contributed by atoms with Crippen molar-refractivity contribution in [2.75, 3.05) is 26.4 Å². The minimum absolute atomic E-state index is 0.127. The Bertz CT molecular complexity index is 450. The summed E-state index contributed by atoms with van der Waals surface area (Å²) in [5.41, 5.74) is 11.8. The molecule has 4 N–H and O–H groups in total. The van der Waals surface area contributed by atoms with Gasteiger partial charge in [0.1, 0.15) is 6.61 Å². The van der Waals surface area contributed by atoms with Crippen LogP contribution in [0.25, 0.3) is 0 Å². The average molecular weight is 266 g/mol. The predicted molar refractivity (Wildman–Crippen MR) is 69.0 cm³/mol. The quantitative estimate of drug-likeness (QED) is 0.801. The predicted octanol–water partition coefficient (Wildman–Crippen LogP) is 0.350. The summed E-state index contributed by atoms with van der Waals surface area (Å²) in [5.74, 6) is 0.915. The van der Waals surface area contributed by atoms with Gasteiger partial charge in [-0.3, -0.25) is 4.79 Å². The lowest BCUT2D eigenvalue weighted by molar-refractivity contribution is -0.122. The third-order valence-electron chi connectivity index (χ3n) is 2.74. The van der Waals surface area contributed by atoms with E-state index in [0.29, 0.717) is 19.0 Å². The van der Waals surface area contributed by atoms with Gasteiger partial charge in [-0.25, -0.2) is 0 Å². The number of carbonyl (C=O) groups excluding carboxylic acids is 1. The molecule has 2 rings (SSSR count). The smallest absolute Gasteiger partial charge is 0.243 e. The Morgan fingerprint density at radius 3 is 2.79 bits per heavy atom. The summed E-state index contributed by atoms with van der Waals surface area (Å²) in [5, 5.41) is 0. The van der Waals surface area contributed by atoms with Gasteiger partial charge < -0.3 is 25.7 Å². The van der Waals surface area contributed by atoms with E-state index < -0.39 is 5.91 Å². The highest BCUT2D eigenvalue weighted by Gasteiger charge is 2.14. The van der Waals surface area contributed by atoms with Gasteiger partial charge in [-0.1, -0.05) is 6.07 Å².